The molecule has 1 aliphatic rings. The van der Waals surface area contributed by atoms with Gasteiger partial charge in [0, 0.05) is 21.8 Å². The van der Waals surface area contributed by atoms with Crippen LogP contribution in [0.3, 0.4) is 0 Å². The smallest absolute Gasteiger partial charge is 0.209 e. The molecule has 6 nitrogen and oxygen atoms in total. The Morgan fingerprint density at radius 3 is 1.89 bits per heavy atom. The van der Waals surface area contributed by atoms with Crippen molar-refractivity contribution < 1.29 is 21.3 Å². The minimum atomic E-state index is -4.09. The lowest BCUT2D eigenvalue weighted by Gasteiger charge is -2.21. The van der Waals surface area contributed by atoms with Crippen molar-refractivity contribution in [3.05, 3.63) is 140 Å². The first-order chi connectivity index (χ1) is 22.3. The molecule has 9 rings (SSSR count). The van der Waals surface area contributed by atoms with Crippen LogP contribution in [-0.4, -0.2) is 21.4 Å². The highest BCUT2D eigenvalue weighted by atomic mass is 32.2. The first-order valence-corrected chi connectivity index (χ1v) is 17.6. The molecule has 0 unspecified atom stereocenters. The third kappa shape index (κ3) is 3.74. The minimum absolute atomic E-state index is 0.198. The van der Waals surface area contributed by atoms with Crippen molar-refractivity contribution in [2.24, 2.45) is 0 Å². The van der Waals surface area contributed by atoms with Gasteiger partial charge in [0.05, 0.1) is 36.9 Å². The van der Waals surface area contributed by atoms with Crippen LogP contribution < -0.4 is 0 Å². The molecule has 0 saturated carbocycles. The van der Waals surface area contributed by atoms with Gasteiger partial charge in [-0.25, -0.2) is 16.8 Å². The number of hydrogen-bond acceptors (Lipinski definition) is 5. The molecule has 46 heavy (non-hydrogen) atoms. The molecule has 2 aromatic heterocycles. The second kappa shape index (κ2) is 9.53. The van der Waals surface area contributed by atoms with Crippen molar-refractivity contribution in [2.45, 2.75) is 19.6 Å². The highest BCUT2D eigenvalue weighted by molar-refractivity contribution is 7.97. The monoisotopic (exact) mass is 637 g/mol. The summed E-state index contributed by atoms with van der Waals surface area (Å²) in [6.07, 6.45) is 1.62. The molecule has 0 aliphatic carbocycles. The van der Waals surface area contributed by atoms with Gasteiger partial charge in [0.15, 0.2) is 0 Å². The van der Waals surface area contributed by atoms with E-state index in [4.69, 9.17) is 4.42 Å². The summed E-state index contributed by atoms with van der Waals surface area (Å²) in [5, 5.41) is 3.08. The fraction of sp³-hybridized carbons (Fsp3) is 0. The average molecular weight is 638 g/mol. The van der Waals surface area contributed by atoms with E-state index < -0.39 is 19.7 Å². The van der Waals surface area contributed by atoms with E-state index in [9.17, 15) is 16.8 Å². The lowest BCUT2D eigenvalue weighted by atomic mass is 9.92. The number of benzene rings is 6. The van der Waals surface area contributed by atoms with E-state index in [-0.39, 0.29) is 19.6 Å². The number of furan rings is 1. The quantitative estimate of drug-likeness (QED) is 0.193. The molecule has 6 aromatic carbocycles. The number of sulfone groups is 2. The Kier molecular flexibility index (Phi) is 5.58. The first-order valence-electron chi connectivity index (χ1n) is 14.7. The topological polar surface area (TPSA) is 86.3 Å². The van der Waals surface area contributed by atoms with Crippen molar-refractivity contribution in [1.82, 2.24) is 4.57 Å². The number of hydrogen-bond donors (Lipinski definition) is 0. The minimum Gasteiger partial charge on any atom is -0.464 e. The lowest BCUT2D eigenvalue weighted by molar-refractivity contribution is 0.570. The Hall–Kier alpha value is -5.44. The second-order valence-corrected chi connectivity index (χ2v) is 15.2. The Morgan fingerprint density at radius 1 is 0.478 bits per heavy atom. The zero-order chi connectivity index (χ0) is 31.2. The Balaban J connectivity index is 1.29. The standard InChI is InChI=1S/C38H23NO5S2/c40-45(41)35-12-6-7-13-36(35)46(42,43)38-22-25(15-17-37(38)45)30-23-34-26(18-19-44-34)21-29(30)24-14-16-33-31(20-24)28-10-4-5-11-32(28)39(33)27-8-2-1-3-9-27/h1-23H. The molecule has 8 aromatic rings. The van der Waals surface area contributed by atoms with Gasteiger partial charge in [-0.3, -0.25) is 0 Å². The summed E-state index contributed by atoms with van der Waals surface area (Å²) in [7, 11) is -8.12. The molecular formula is C38H23NO5S2. The maximum atomic E-state index is 13.8. The lowest BCUT2D eigenvalue weighted by Crippen LogP contribution is -2.19. The zero-order valence-corrected chi connectivity index (χ0v) is 25.7. The largest absolute Gasteiger partial charge is 0.464 e. The summed E-state index contributed by atoms with van der Waals surface area (Å²) >= 11 is 0. The van der Waals surface area contributed by atoms with Crippen LogP contribution in [0.4, 0.5) is 0 Å². The van der Waals surface area contributed by atoms with Gasteiger partial charge in [-0.2, -0.15) is 0 Å². The molecule has 222 valence electrons. The van der Waals surface area contributed by atoms with E-state index in [1.54, 1.807) is 12.3 Å². The summed E-state index contributed by atoms with van der Waals surface area (Å²) in [4.78, 5) is -0.848. The Bertz CT molecular complexity index is 2780. The number of rotatable bonds is 3. The van der Waals surface area contributed by atoms with Gasteiger partial charge in [-0.1, -0.05) is 60.7 Å². The van der Waals surface area contributed by atoms with Crippen LogP contribution in [0.5, 0.6) is 0 Å². The second-order valence-electron chi connectivity index (χ2n) is 11.4. The van der Waals surface area contributed by atoms with Gasteiger partial charge in [0.25, 0.3) is 0 Å². The summed E-state index contributed by atoms with van der Waals surface area (Å²) in [5.41, 5.74) is 6.94. The summed E-state index contributed by atoms with van der Waals surface area (Å²) in [5.74, 6) is 0. The summed E-state index contributed by atoms with van der Waals surface area (Å²) < 4.78 is 62.6. The van der Waals surface area contributed by atoms with Crippen LogP contribution in [0.25, 0.3) is 60.7 Å². The van der Waals surface area contributed by atoms with Gasteiger partial charge in [0.1, 0.15) is 5.58 Å². The number of para-hydroxylation sites is 2. The zero-order valence-electron chi connectivity index (χ0n) is 24.1. The molecule has 0 N–H and O–H groups in total. The predicted octanol–water partition coefficient (Wildman–Crippen LogP) is 8.84. The van der Waals surface area contributed by atoms with Crippen LogP contribution >= 0.6 is 0 Å². The highest BCUT2D eigenvalue weighted by Gasteiger charge is 2.39. The van der Waals surface area contributed by atoms with Crippen molar-refractivity contribution >= 4 is 52.4 Å². The molecule has 0 amide bonds. The van der Waals surface area contributed by atoms with E-state index >= 15 is 0 Å². The van der Waals surface area contributed by atoms with Crippen molar-refractivity contribution in [2.75, 3.05) is 0 Å². The van der Waals surface area contributed by atoms with Crippen LogP contribution in [-0.2, 0) is 19.7 Å². The van der Waals surface area contributed by atoms with Crippen molar-refractivity contribution in [3.8, 4) is 27.9 Å². The third-order valence-corrected chi connectivity index (χ3v) is 12.8. The molecule has 0 saturated heterocycles. The maximum Gasteiger partial charge on any atom is 0.209 e. The van der Waals surface area contributed by atoms with E-state index in [1.165, 1.54) is 36.4 Å². The average Bonchev–Trinajstić information content (AvgIpc) is 3.69. The summed E-state index contributed by atoms with van der Waals surface area (Å²) in [6.45, 7) is 0. The number of nitrogens with zero attached hydrogens (tertiary/aromatic N) is 1. The van der Waals surface area contributed by atoms with E-state index in [1.807, 2.05) is 48.5 Å². The molecule has 0 atom stereocenters. The number of aromatic nitrogens is 1. The molecular weight excluding hydrogens is 615 g/mol. The normalized spacial score (nSPS) is 14.8. The van der Waals surface area contributed by atoms with Gasteiger partial charge in [-0.15, -0.1) is 0 Å². The van der Waals surface area contributed by atoms with Crippen LogP contribution in [0.15, 0.2) is 164 Å². The summed E-state index contributed by atoms with van der Waals surface area (Å²) in [6, 6.07) is 41.0. The van der Waals surface area contributed by atoms with Crippen LogP contribution in [0, 0.1) is 0 Å². The fourth-order valence-electron chi connectivity index (χ4n) is 6.72. The van der Waals surface area contributed by atoms with Gasteiger partial charge >= 0.3 is 0 Å². The molecule has 1 aliphatic heterocycles. The van der Waals surface area contributed by atoms with Gasteiger partial charge in [-0.05, 0) is 95.1 Å². The van der Waals surface area contributed by atoms with E-state index in [2.05, 4.69) is 47.0 Å². The predicted molar refractivity (Wildman–Crippen MR) is 179 cm³/mol. The van der Waals surface area contributed by atoms with Crippen molar-refractivity contribution in [3.63, 3.8) is 0 Å². The first kappa shape index (κ1) is 26.9. The molecule has 0 spiro atoms. The van der Waals surface area contributed by atoms with Crippen molar-refractivity contribution in [1.29, 1.82) is 0 Å². The van der Waals surface area contributed by atoms with Gasteiger partial charge < -0.3 is 8.98 Å². The molecule has 8 heteroatoms. The Labute approximate surface area is 264 Å². The molecule has 0 fully saturated rings. The Morgan fingerprint density at radius 2 is 1.09 bits per heavy atom. The SMILES string of the molecule is O=S1(=O)c2ccccc2S(=O)(=O)c2cc(-c3cc4occc4cc3-c3ccc4c(c3)c3ccccc3n4-c3ccccc3)ccc21. The molecule has 3 heterocycles. The fourth-order valence-corrected chi connectivity index (χ4v) is 10.9. The highest BCUT2D eigenvalue weighted by Crippen LogP contribution is 2.44. The van der Waals surface area contributed by atoms with Crippen LogP contribution in [0.2, 0.25) is 0 Å². The maximum absolute atomic E-state index is 13.8. The molecule has 0 bridgehead atoms. The van der Waals surface area contributed by atoms with E-state index in [0.717, 1.165) is 49.6 Å². The molecule has 0 radical (unpaired) electrons. The van der Waals surface area contributed by atoms with Crippen LogP contribution in [0.1, 0.15) is 0 Å². The number of fused-ring (bicyclic) bond motifs is 6. The third-order valence-electron chi connectivity index (χ3n) is 8.85. The van der Waals surface area contributed by atoms with Gasteiger partial charge in [0.2, 0.25) is 19.7 Å². The van der Waals surface area contributed by atoms with E-state index in [0.29, 0.717) is 11.1 Å².